The zero-order valence-electron chi connectivity index (χ0n) is 10.6. The number of hydrogen-bond acceptors (Lipinski definition) is 3. The molecule has 0 aromatic heterocycles. The number of carbonyl (C=O) groups excluding carboxylic acids is 1. The SMILES string of the molecule is CCC(C(N)=O)N(C)Cc1ccc(OC)cc1. The normalized spacial score (nSPS) is 12.5. The van der Waals surface area contributed by atoms with Crippen LogP contribution in [0.25, 0.3) is 0 Å². The number of nitrogens with two attached hydrogens (primary N) is 1. The van der Waals surface area contributed by atoms with Crippen LogP contribution in [0.15, 0.2) is 24.3 Å². The second-order valence-electron chi connectivity index (χ2n) is 4.09. The van der Waals surface area contributed by atoms with Crippen molar-refractivity contribution in [2.75, 3.05) is 14.2 Å². The largest absolute Gasteiger partial charge is 0.497 e. The zero-order chi connectivity index (χ0) is 12.8. The molecule has 0 spiro atoms. The van der Waals surface area contributed by atoms with Gasteiger partial charge in [-0.05, 0) is 31.2 Å². The predicted octanol–water partition coefficient (Wildman–Crippen LogP) is 1.39. The van der Waals surface area contributed by atoms with Crippen LogP contribution in [-0.2, 0) is 11.3 Å². The molecule has 4 heteroatoms. The van der Waals surface area contributed by atoms with E-state index in [1.54, 1.807) is 7.11 Å². The van der Waals surface area contributed by atoms with E-state index in [0.717, 1.165) is 17.7 Å². The molecule has 0 aliphatic rings. The standard InChI is InChI=1S/C13H20N2O2/c1-4-12(13(14)16)15(2)9-10-5-7-11(17-3)8-6-10/h5-8,12H,4,9H2,1-3H3,(H2,14,16). The van der Waals surface area contributed by atoms with Crippen LogP contribution in [0.4, 0.5) is 0 Å². The fourth-order valence-electron chi connectivity index (χ4n) is 1.86. The van der Waals surface area contributed by atoms with Crippen molar-refractivity contribution < 1.29 is 9.53 Å². The highest BCUT2D eigenvalue weighted by Crippen LogP contribution is 2.14. The molecule has 2 N–H and O–H groups in total. The third-order valence-corrected chi connectivity index (χ3v) is 2.84. The van der Waals surface area contributed by atoms with Crippen molar-refractivity contribution in [1.82, 2.24) is 4.90 Å². The predicted molar refractivity (Wildman–Crippen MR) is 67.7 cm³/mol. The Morgan fingerprint density at radius 2 is 2.00 bits per heavy atom. The quantitative estimate of drug-likeness (QED) is 0.812. The number of carbonyl (C=O) groups is 1. The minimum atomic E-state index is -0.275. The van der Waals surface area contributed by atoms with Gasteiger partial charge in [0, 0.05) is 6.54 Å². The molecule has 0 saturated carbocycles. The third-order valence-electron chi connectivity index (χ3n) is 2.84. The van der Waals surface area contributed by atoms with Crippen LogP contribution in [0.3, 0.4) is 0 Å². The van der Waals surface area contributed by atoms with Crippen molar-refractivity contribution in [2.24, 2.45) is 5.73 Å². The maximum atomic E-state index is 11.2. The molecule has 0 aliphatic heterocycles. The molecule has 1 rings (SSSR count). The molecule has 1 atom stereocenters. The molecular weight excluding hydrogens is 216 g/mol. The minimum Gasteiger partial charge on any atom is -0.497 e. The Hall–Kier alpha value is -1.55. The van der Waals surface area contributed by atoms with E-state index in [0.29, 0.717) is 6.54 Å². The Bertz CT molecular complexity index is 362. The summed E-state index contributed by atoms with van der Waals surface area (Å²) >= 11 is 0. The number of benzene rings is 1. The number of nitrogens with zero attached hydrogens (tertiary/aromatic N) is 1. The summed E-state index contributed by atoms with van der Waals surface area (Å²) in [7, 11) is 3.55. The van der Waals surface area contributed by atoms with Crippen molar-refractivity contribution in [3.05, 3.63) is 29.8 Å². The first-order chi connectivity index (χ1) is 8.08. The lowest BCUT2D eigenvalue weighted by Gasteiger charge is -2.24. The lowest BCUT2D eigenvalue weighted by Crippen LogP contribution is -2.41. The van der Waals surface area contributed by atoms with Gasteiger partial charge in [0.15, 0.2) is 0 Å². The summed E-state index contributed by atoms with van der Waals surface area (Å²) in [5.74, 6) is 0.557. The Kier molecular flexibility index (Phi) is 4.97. The third kappa shape index (κ3) is 3.75. The summed E-state index contributed by atoms with van der Waals surface area (Å²) in [6.45, 7) is 2.66. The van der Waals surface area contributed by atoms with E-state index < -0.39 is 0 Å². The first kappa shape index (κ1) is 13.5. The van der Waals surface area contributed by atoms with Gasteiger partial charge in [-0.3, -0.25) is 9.69 Å². The molecule has 0 radical (unpaired) electrons. The van der Waals surface area contributed by atoms with Crippen LogP contribution in [-0.4, -0.2) is 31.0 Å². The van der Waals surface area contributed by atoms with Gasteiger partial charge in [-0.25, -0.2) is 0 Å². The molecule has 0 aliphatic carbocycles. The zero-order valence-corrected chi connectivity index (χ0v) is 10.6. The molecule has 94 valence electrons. The Morgan fingerprint density at radius 1 is 1.41 bits per heavy atom. The van der Waals surface area contributed by atoms with Crippen LogP contribution < -0.4 is 10.5 Å². The molecule has 1 aromatic rings. The number of likely N-dealkylation sites (N-methyl/N-ethyl adjacent to an activating group) is 1. The van der Waals surface area contributed by atoms with E-state index >= 15 is 0 Å². The molecule has 0 saturated heterocycles. The fourth-order valence-corrected chi connectivity index (χ4v) is 1.86. The first-order valence-electron chi connectivity index (χ1n) is 5.71. The number of methoxy groups -OCH3 is 1. The van der Waals surface area contributed by atoms with Crippen molar-refractivity contribution in [3.8, 4) is 5.75 Å². The molecule has 17 heavy (non-hydrogen) atoms. The number of ether oxygens (including phenoxy) is 1. The highest BCUT2D eigenvalue weighted by molar-refractivity contribution is 5.79. The number of primary amides is 1. The van der Waals surface area contributed by atoms with Gasteiger partial charge in [-0.1, -0.05) is 19.1 Å². The van der Waals surface area contributed by atoms with Gasteiger partial charge in [-0.15, -0.1) is 0 Å². The topological polar surface area (TPSA) is 55.6 Å². The van der Waals surface area contributed by atoms with Crippen molar-refractivity contribution in [1.29, 1.82) is 0 Å². The van der Waals surface area contributed by atoms with Crippen LogP contribution in [0, 0.1) is 0 Å². The Balaban J connectivity index is 2.66. The second-order valence-corrected chi connectivity index (χ2v) is 4.09. The van der Waals surface area contributed by atoms with Gasteiger partial charge in [-0.2, -0.15) is 0 Å². The van der Waals surface area contributed by atoms with Gasteiger partial charge >= 0.3 is 0 Å². The van der Waals surface area contributed by atoms with E-state index in [2.05, 4.69) is 0 Å². The van der Waals surface area contributed by atoms with Crippen LogP contribution in [0.5, 0.6) is 5.75 Å². The van der Waals surface area contributed by atoms with Crippen LogP contribution in [0.1, 0.15) is 18.9 Å². The lowest BCUT2D eigenvalue weighted by atomic mass is 10.1. The van der Waals surface area contributed by atoms with E-state index in [-0.39, 0.29) is 11.9 Å². The molecule has 1 unspecified atom stereocenters. The molecule has 4 nitrogen and oxygen atoms in total. The summed E-state index contributed by atoms with van der Waals surface area (Å²) in [4.78, 5) is 13.2. The van der Waals surface area contributed by atoms with Gasteiger partial charge in [0.05, 0.1) is 13.2 Å². The minimum absolute atomic E-state index is 0.211. The molecule has 1 aromatic carbocycles. The highest BCUT2D eigenvalue weighted by atomic mass is 16.5. The van der Waals surface area contributed by atoms with Gasteiger partial charge in [0.25, 0.3) is 0 Å². The van der Waals surface area contributed by atoms with Crippen LogP contribution >= 0.6 is 0 Å². The fraction of sp³-hybridized carbons (Fsp3) is 0.462. The Labute approximate surface area is 102 Å². The van der Waals surface area contributed by atoms with E-state index in [4.69, 9.17) is 10.5 Å². The molecule has 0 bridgehead atoms. The molecular formula is C13H20N2O2. The van der Waals surface area contributed by atoms with Crippen molar-refractivity contribution in [3.63, 3.8) is 0 Å². The number of amides is 1. The van der Waals surface area contributed by atoms with E-state index in [1.165, 1.54) is 0 Å². The summed E-state index contributed by atoms with van der Waals surface area (Å²) in [5.41, 5.74) is 6.48. The summed E-state index contributed by atoms with van der Waals surface area (Å²) < 4.78 is 5.09. The smallest absolute Gasteiger partial charge is 0.234 e. The monoisotopic (exact) mass is 236 g/mol. The van der Waals surface area contributed by atoms with Gasteiger partial charge < -0.3 is 10.5 Å². The van der Waals surface area contributed by atoms with Gasteiger partial charge in [0.2, 0.25) is 5.91 Å². The maximum absolute atomic E-state index is 11.2. The highest BCUT2D eigenvalue weighted by Gasteiger charge is 2.18. The number of rotatable bonds is 6. The molecule has 0 heterocycles. The average molecular weight is 236 g/mol. The maximum Gasteiger partial charge on any atom is 0.234 e. The second kappa shape index (κ2) is 6.25. The van der Waals surface area contributed by atoms with Crippen molar-refractivity contribution >= 4 is 5.91 Å². The van der Waals surface area contributed by atoms with E-state index in [1.807, 2.05) is 43.1 Å². The number of hydrogen-bond donors (Lipinski definition) is 1. The lowest BCUT2D eigenvalue weighted by molar-refractivity contribution is -0.123. The molecule has 1 amide bonds. The van der Waals surface area contributed by atoms with Gasteiger partial charge in [0.1, 0.15) is 5.75 Å². The van der Waals surface area contributed by atoms with Crippen molar-refractivity contribution in [2.45, 2.75) is 25.9 Å². The van der Waals surface area contributed by atoms with Crippen LogP contribution in [0.2, 0.25) is 0 Å². The Morgan fingerprint density at radius 3 is 2.41 bits per heavy atom. The average Bonchev–Trinajstić information content (AvgIpc) is 2.30. The first-order valence-corrected chi connectivity index (χ1v) is 5.71. The summed E-state index contributed by atoms with van der Waals surface area (Å²) in [6.07, 6.45) is 0.724. The van der Waals surface area contributed by atoms with E-state index in [9.17, 15) is 4.79 Å². The molecule has 0 fully saturated rings. The summed E-state index contributed by atoms with van der Waals surface area (Å²) in [6, 6.07) is 7.59. The summed E-state index contributed by atoms with van der Waals surface area (Å²) in [5, 5.41) is 0.